The molecule has 1 saturated heterocycles. The molecule has 0 aliphatic carbocycles. The second-order valence-electron chi connectivity index (χ2n) is 6.72. The minimum Gasteiger partial charge on any atom is -0.350 e. The standard InChI is InChI=1S/C19H26N4O/c1-13-11-14(2)23(22-13)18-8-6-16(7-9-18)15(3)21-19(24)12-17-5-4-10-20-17/h6-9,11,15,17,20H,4-5,10,12H2,1-3H3,(H,21,24). The number of hydrogen-bond donors (Lipinski definition) is 2. The summed E-state index contributed by atoms with van der Waals surface area (Å²) in [5.74, 6) is 0.115. The molecule has 0 bridgehead atoms. The normalized spacial score (nSPS) is 18.5. The third kappa shape index (κ3) is 3.85. The summed E-state index contributed by atoms with van der Waals surface area (Å²) in [5.41, 5.74) is 4.27. The SMILES string of the molecule is Cc1cc(C)n(-c2ccc(C(C)NC(=O)CC3CCCN3)cc2)n1. The maximum atomic E-state index is 12.2. The highest BCUT2D eigenvalue weighted by atomic mass is 16.1. The molecule has 128 valence electrons. The minimum absolute atomic E-state index is 0.00778. The Hall–Kier alpha value is -2.14. The van der Waals surface area contributed by atoms with Crippen LogP contribution in [-0.4, -0.2) is 28.3 Å². The largest absolute Gasteiger partial charge is 0.350 e. The highest BCUT2D eigenvalue weighted by Crippen LogP contribution is 2.18. The lowest BCUT2D eigenvalue weighted by Crippen LogP contribution is -2.33. The van der Waals surface area contributed by atoms with Gasteiger partial charge in [0.15, 0.2) is 0 Å². The van der Waals surface area contributed by atoms with Gasteiger partial charge in [0, 0.05) is 18.2 Å². The van der Waals surface area contributed by atoms with Crippen LogP contribution in [0.2, 0.25) is 0 Å². The molecule has 1 aromatic carbocycles. The van der Waals surface area contributed by atoms with Gasteiger partial charge in [-0.1, -0.05) is 12.1 Å². The molecule has 1 fully saturated rings. The van der Waals surface area contributed by atoms with E-state index in [9.17, 15) is 4.79 Å². The van der Waals surface area contributed by atoms with Crippen LogP contribution < -0.4 is 10.6 Å². The third-order valence-electron chi connectivity index (χ3n) is 4.62. The topological polar surface area (TPSA) is 59.0 Å². The average molecular weight is 326 g/mol. The number of benzene rings is 1. The maximum Gasteiger partial charge on any atom is 0.222 e. The Morgan fingerprint density at radius 1 is 1.38 bits per heavy atom. The van der Waals surface area contributed by atoms with Crippen molar-refractivity contribution in [3.05, 3.63) is 47.3 Å². The molecule has 2 N–H and O–H groups in total. The van der Waals surface area contributed by atoms with E-state index >= 15 is 0 Å². The zero-order valence-corrected chi connectivity index (χ0v) is 14.7. The first-order valence-electron chi connectivity index (χ1n) is 8.69. The summed E-state index contributed by atoms with van der Waals surface area (Å²) in [7, 11) is 0. The second-order valence-corrected chi connectivity index (χ2v) is 6.72. The van der Waals surface area contributed by atoms with E-state index in [1.807, 2.05) is 25.5 Å². The van der Waals surface area contributed by atoms with Gasteiger partial charge in [-0.25, -0.2) is 4.68 Å². The Morgan fingerprint density at radius 3 is 2.71 bits per heavy atom. The summed E-state index contributed by atoms with van der Waals surface area (Å²) in [5, 5.41) is 11.0. The third-order valence-corrected chi connectivity index (χ3v) is 4.62. The van der Waals surface area contributed by atoms with Gasteiger partial charge in [0.25, 0.3) is 0 Å². The molecule has 5 heteroatoms. The Kier molecular flexibility index (Phi) is 5.00. The number of hydrogen-bond acceptors (Lipinski definition) is 3. The van der Waals surface area contributed by atoms with Crippen LogP contribution >= 0.6 is 0 Å². The van der Waals surface area contributed by atoms with Crippen molar-refractivity contribution in [3.63, 3.8) is 0 Å². The van der Waals surface area contributed by atoms with Gasteiger partial charge in [0.05, 0.1) is 17.4 Å². The predicted octanol–water partition coefficient (Wildman–Crippen LogP) is 2.81. The smallest absolute Gasteiger partial charge is 0.222 e. The van der Waals surface area contributed by atoms with Gasteiger partial charge in [0.2, 0.25) is 5.91 Å². The Bertz CT molecular complexity index is 699. The lowest BCUT2D eigenvalue weighted by atomic mass is 10.1. The molecule has 2 aromatic rings. The average Bonchev–Trinajstić information content (AvgIpc) is 3.16. The van der Waals surface area contributed by atoms with Crippen LogP contribution in [0.3, 0.4) is 0 Å². The molecule has 2 atom stereocenters. The van der Waals surface area contributed by atoms with E-state index in [0.29, 0.717) is 12.5 Å². The van der Waals surface area contributed by atoms with Crippen molar-refractivity contribution >= 4 is 5.91 Å². The summed E-state index contributed by atoms with van der Waals surface area (Å²) < 4.78 is 1.94. The number of carbonyl (C=O) groups is 1. The van der Waals surface area contributed by atoms with Crippen molar-refractivity contribution in [2.45, 2.75) is 52.1 Å². The van der Waals surface area contributed by atoms with Crippen molar-refractivity contribution in [2.75, 3.05) is 6.54 Å². The fraction of sp³-hybridized carbons (Fsp3) is 0.474. The maximum absolute atomic E-state index is 12.2. The van der Waals surface area contributed by atoms with Crippen LogP contribution in [-0.2, 0) is 4.79 Å². The number of nitrogens with zero attached hydrogens (tertiary/aromatic N) is 2. The molecule has 1 aliphatic rings. The van der Waals surface area contributed by atoms with Crippen LogP contribution in [0.1, 0.15) is 49.2 Å². The number of aromatic nitrogens is 2. The van der Waals surface area contributed by atoms with Crippen molar-refractivity contribution < 1.29 is 4.79 Å². The highest BCUT2D eigenvalue weighted by Gasteiger charge is 2.19. The van der Waals surface area contributed by atoms with Gasteiger partial charge >= 0.3 is 0 Å². The van der Waals surface area contributed by atoms with E-state index in [-0.39, 0.29) is 11.9 Å². The first-order chi connectivity index (χ1) is 11.5. The fourth-order valence-corrected chi connectivity index (χ4v) is 3.33. The summed E-state index contributed by atoms with van der Waals surface area (Å²) >= 11 is 0. The van der Waals surface area contributed by atoms with E-state index < -0.39 is 0 Å². The van der Waals surface area contributed by atoms with Gasteiger partial charge < -0.3 is 10.6 Å². The lowest BCUT2D eigenvalue weighted by Gasteiger charge is -2.17. The Morgan fingerprint density at radius 2 is 2.12 bits per heavy atom. The molecule has 1 amide bonds. The molecule has 5 nitrogen and oxygen atoms in total. The van der Waals surface area contributed by atoms with Crippen LogP contribution in [0.15, 0.2) is 30.3 Å². The fourth-order valence-electron chi connectivity index (χ4n) is 3.33. The van der Waals surface area contributed by atoms with Crippen LogP contribution in [0.4, 0.5) is 0 Å². The van der Waals surface area contributed by atoms with E-state index in [1.54, 1.807) is 0 Å². The van der Waals surface area contributed by atoms with Gasteiger partial charge in [-0.3, -0.25) is 4.79 Å². The summed E-state index contributed by atoms with van der Waals surface area (Å²) in [6, 6.07) is 10.6. The lowest BCUT2D eigenvalue weighted by molar-refractivity contribution is -0.122. The van der Waals surface area contributed by atoms with Crippen LogP contribution in [0.25, 0.3) is 5.69 Å². The summed E-state index contributed by atoms with van der Waals surface area (Å²) in [6.07, 6.45) is 2.83. The van der Waals surface area contributed by atoms with Gasteiger partial charge in [-0.15, -0.1) is 0 Å². The Labute approximate surface area is 143 Å². The molecular weight excluding hydrogens is 300 g/mol. The monoisotopic (exact) mass is 326 g/mol. The summed E-state index contributed by atoms with van der Waals surface area (Å²) in [4.78, 5) is 12.2. The highest BCUT2D eigenvalue weighted by molar-refractivity contribution is 5.77. The zero-order valence-electron chi connectivity index (χ0n) is 14.7. The molecule has 0 radical (unpaired) electrons. The number of aryl methyl sites for hydroxylation is 2. The van der Waals surface area contributed by atoms with E-state index in [4.69, 9.17) is 0 Å². The van der Waals surface area contributed by atoms with Crippen molar-refractivity contribution in [2.24, 2.45) is 0 Å². The van der Waals surface area contributed by atoms with E-state index in [0.717, 1.165) is 35.6 Å². The Balaban J connectivity index is 1.62. The first-order valence-corrected chi connectivity index (χ1v) is 8.69. The molecule has 2 unspecified atom stereocenters. The molecule has 0 saturated carbocycles. The molecule has 1 aliphatic heterocycles. The summed E-state index contributed by atoms with van der Waals surface area (Å²) in [6.45, 7) is 7.10. The molecule has 0 spiro atoms. The second kappa shape index (κ2) is 7.18. The quantitative estimate of drug-likeness (QED) is 0.888. The van der Waals surface area contributed by atoms with Gasteiger partial charge in [-0.2, -0.15) is 5.10 Å². The number of nitrogens with one attached hydrogen (secondary N) is 2. The number of carbonyl (C=O) groups excluding carboxylic acids is 1. The molecule has 2 heterocycles. The number of amides is 1. The van der Waals surface area contributed by atoms with Crippen molar-refractivity contribution in [1.29, 1.82) is 0 Å². The zero-order chi connectivity index (χ0) is 17.1. The van der Waals surface area contributed by atoms with Gasteiger partial charge in [0.1, 0.15) is 0 Å². The molecular formula is C19H26N4O. The van der Waals surface area contributed by atoms with Crippen molar-refractivity contribution in [1.82, 2.24) is 20.4 Å². The van der Waals surface area contributed by atoms with E-state index in [2.05, 4.69) is 46.1 Å². The predicted molar refractivity (Wildman–Crippen MR) is 95.2 cm³/mol. The van der Waals surface area contributed by atoms with Gasteiger partial charge in [-0.05, 0) is 63.9 Å². The molecule has 24 heavy (non-hydrogen) atoms. The molecule has 1 aromatic heterocycles. The minimum atomic E-state index is 0.00778. The first kappa shape index (κ1) is 16.7. The number of rotatable bonds is 5. The van der Waals surface area contributed by atoms with Crippen LogP contribution in [0.5, 0.6) is 0 Å². The van der Waals surface area contributed by atoms with Crippen LogP contribution in [0, 0.1) is 13.8 Å². The van der Waals surface area contributed by atoms with E-state index in [1.165, 1.54) is 6.42 Å². The molecule has 3 rings (SSSR count). The van der Waals surface area contributed by atoms with Crippen molar-refractivity contribution in [3.8, 4) is 5.69 Å².